The average Bonchev–Trinajstić information content (AvgIpc) is 2.29. The summed E-state index contributed by atoms with van der Waals surface area (Å²) in [6.07, 6.45) is 0. The smallest absolute Gasteiger partial charge is 0.339 e. The maximum Gasteiger partial charge on any atom is 0.339 e. The Bertz CT molecular complexity index is 567. The van der Waals surface area contributed by atoms with Gasteiger partial charge in [-0.25, -0.2) is 9.78 Å². The van der Waals surface area contributed by atoms with E-state index in [0.29, 0.717) is 10.7 Å². The molecule has 0 fully saturated rings. The molecule has 86 valence electrons. The van der Waals surface area contributed by atoms with Crippen molar-refractivity contribution in [3.8, 4) is 11.3 Å². The number of nitrogens with zero attached hydrogens (tertiary/aromatic N) is 1. The second kappa shape index (κ2) is 4.43. The number of carboxylic acid groups (broad SMARTS) is 1. The van der Waals surface area contributed by atoms with E-state index in [-0.39, 0.29) is 11.4 Å². The fourth-order valence-electron chi connectivity index (χ4n) is 1.44. The van der Waals surface area contributed by atoms with E-state index in [4.69, 9.17) is 22.4 Å². The molecule has 0 aliphatic rings. The van der Waals surface area contributed by atoms with Gasteiger partial charge in [-0.3, -0.25) is 0 Å². The molecule has 0 radical (unpaired) electrons. The van der Waals surface area contributed by atoms with Gasteiger partial charge in [0.25, 0.3) is 0 Å². The van der Waals surface area contributed by atoms with Gasteiger partial charge in [0.05, 0.1) is 5.69 Å². The topological polar surface area (TPSA) is 76.2 Å². The largest absolute Gasteiger partial charge is 0.478 e. The summed E-state index contributed by atoms with van der Waals surface area (Å²) in [5, 5.41) is 9.45. The maximum absolute atomic E-state index is 10.8. The number of anilines is 1. The van der Waals surface area contributed by atoms with Crippen molar-refractivity contribution < 1.29 is 9.90 Å². The highest BCUT2D eigenvalue weighted by atomic mass is 35.5. The molecule has 0 amide bonds. The van der Waals surface area contributed by atoms with Gasteiger partial charge < -0.3 is 10.8 Å². The summed E-state index contributed by atoms with van der Waals surface area (Å²) in [4.78, 5) is 14.8. The summed E-state index contributed by atoms with van der Waals surface area (Å²) in [6.45, 7) is 0. The molecular weight excluding hydrogens is 240 g/mol. The lowest BCUT2D eigenvalue weighted by Crippen LogP contribution is -2.04. The van der Waals surface area contributed by atoms with Crippen LogP contribution in [-0.2, 0) is 0 Å². The van der Waals surface area contributed by atoms with Crippen LogP contribution in [-0.4, -0.2) is 16.1 Å². The second-order valence-corrected chi connectivity index (χ2v) is 3.88. The van der Waals surface area contributed by atoms with Gasteiger partial charge >= 0.3 is 5.97 Å². The van der Waals surface area contributed by atoms with Gasteiger partial charge in [0.15, 0.2) is 0 Å². The SMILES string of the molecule is Nc1nc(-c2ccc(Cl)cc2)ccc1C(=O)O. The fourth-order valence-corrected chi connectivity index (χ4v) is 1.56. The lowest BCUT2D eigenvalue weighted by atomic mass is 10.1. The van der Waals surface area contributed by atoms with Crippen LogP contribution in [0.1, 0.15) is 10.4 Å². The zero-order chi connectivity index (χ0) is 12.4. The Hall–Kier alpha value is -2.07. The summed E-state index contributed by atoms with van der Waals surface area (Å²) in [7, 11) is 0. The molecule has 4 nitrogen and oxygen atoms in total. The standard InChI is InChI=1S/C12H9ClN2O2/c13-8-3-1-7(2-4-8)10-6-5-9(12(16)17)11(14)15-10/h1-6H,(H2,14,15)(H,16,17). The van der Waals surface area contributed by atoms with Gasteiger partial charge in [0.2, 0.25) is 0 Å². The zero-order valence-corrected chi connectivity index (χ0v) is 9.48. The number of carboxylic acids is 1. The van der Waals surface area contributed by atoms with Crippen LogP contribution in [0, 0.1) is 0 Å². The monoisotopic (exact) mass is 248 g/mol. The lowest BCUT2D eigenvalue weighted by molar-refractivity contribution is 0.0697. The van der Waals surface area contributed by atoms with E-state index in [2.05, 4.69) is 4.98 Å². The minimum absolute atomic E-state index is 0.00251. The first-order valence-electron chi connectivity index (χ1n) is 4.83. The van der Waals surface area contributed by atoms with Crippen LogP contribution >= 0.6 is 11.6 Å². The first-order valence-corrected chi connectivity index (χ1v) is 5.21. The number of pyridine rings is 1. The summed E-state index contributed by atoms with van der Waals surface area (Å²) in [5.41, 5.74) is 7.02. The maximum atomic E-state index is 10.8. The minimum Gasteiger partial charge on any atom is -0.478 e. The number of aromatic nitrogens is 1. The van der Waals surface area contributed by atoms with Crippen molar-refractivity contribution in [1.29, 1.82) is 0 Å². The van der Waals surface area contributed by atoms with Crippen molar-refractivity contribution in [2.24, 2.45) is 0 Å². The van der Waals surface area contributed by atoms with Gasteiger partial charge in [-0.05, 0) is 24.3 Å². The number of nitrogens with two attached hydrogens (primary N) is 1. The number of rotatable bonds is 2. The Morgan fingerprint density at radius 2 is 1.82 bits per heavy atom. The molecule has 1 heterocycles. The Balaban J connectivity index is 2.44. The van der Waals surface area contributed by atoms with Crippen molar-refractivity contribution in [3.63, 3.8) is 0 Å². The molecule has 0 atom stereocenters. The number of carbonyl (C=O) groups is 1. The zero-order valence-electron chi connectivity index (χ0n) is 8.72. The van der Waals surface area contributed by atoms with E-state index in [1.165, 1.54) is 6.07 Å². The molecular formula is C12H9ClN2O2. The van der Waals surface area contributed by atoms with Crippen molar-refractivity contribution >= 4 is 23.4 Å². The molecule has 2 aromatic rings. The summed E-state index contributed by atoms with van der Waals surface area (Å²) in [6, 6.07) is 10.1. The minimum atomic E-state index is -1.09. The van der Waals surface area contributed by atoms with Crippen molar-refractivity contribution in [2.45, 2.75) is 0 Å². The molecule has 1 aromatic heterocycles. The summed E-state index contributed by atoms with van der Waals surface area (Å²) >= 11 is 5.77. The number of hydrogen-bond acceptors (Lipinski definition) is 3. The van der Waals surface area contributed by atoms with Crippen LogP contribution in [0.5, 0.6) is 0 Å². The van der Waals surface area contributed by atoms with E-state index < -0.39 is 5.97 Å². The van der Waals surface area contributed by atoms with Crippen LogP contribution in [0.25, 0.3) is 11.3 Å². The quantitative estimate of drug-likeness (QED) is 0.857. The number of hydrogen-bond donors (Lipinski definition) is 2. The molecule has 0 saturated heterocycles. The second-order valence-electron chi connectivity index (χ2n) is 3.44. The highest BCUT2D eigenvalue weighted by Crippen LogP contribution is 2.22. The molecule has 3 N–H and O–H groups in total. The first-order chi connectivity index (χ1) is 8.08. The lowest BCUT2D eigenvalue weighted by Gasteiger charge is -2.04. The van der Waals surface area contributed by atoms with Gasteiger partial charge in [0, 0.05) is 10.6 Å². The van der Waals surface area contributed by atoms with Crippen molar-refractivity contribution in [1.82, 2.24) is 4.98 Å². The number of halogens is 1. The van der Waals surface area contributed by atoms with Crippen LogP contribution in [0.15, 0.2) is 36.4 Å². The average molecular weight is 249 g/mol. The Morgan fingerprint density at radius 1 is 1.18 bits per heavy atom. The normalized spacial score (nSPS) is 10.2. The van der Waals surface area contributed by atoms with Crippen LogP contribution in [0.4, 0.5) is 5.82 Å². The summed E-state index contributed by atoms with van der Waals surface area (Å²) < 4.78 is 0. The van der Waals surface area contributed by atoms with Gasteiger partial charge in [0.1, 0.15) is 11.4 Å². The first kappa shape index (κ1) is 11.4. The molecule has 0 aliphatic heterocycles. The van der Waals surface area contributed by atoms with Crippen molar-refractivity contribution in [2.75, 3.05) is 5.73 Å². The predicted molar refractivity (Wildman–Crippen MR) is 66.1 cm³/mol. The molecule has 1 aromatic carbocycles. The van der Waals surface area contributed by atoms with Crippen LogP contribution in [0.2, 0.25) is 5.02 Å². The predicted octanol–water partition coefficient (Wildman–Crippen LogP) is 2.68. The fraction of sp³-hybridized carbons (Fsp3) is 0. The van der Waals surface area contributed by atoms with E-state index in [0.717, 1.165) is 5.56 Å². The molecule has 0 bridgehead atoms. The van der Waals surface area contributed by atoms with Crippen LogP contribution in [0.3, 0.4) is 0 Å². The number of nitrogen functional groups attached to an aromatic ring is 1. The van der Waals surface area contributed by atoms with E-state index in [9.17, 15) is 4.79 Å². The van der Waals surface area contributed by atoms with Gasteiger partial charge in [-0.2, -0.15) is 0 Å². The molecule has 5 heteroatoms. The van der Waals surface area contributed by atoms with Crippen molar-refractivity contribution in [3.05, 3.63) is 47.0 Å². The third kappa shape index (κ3) is 2.37. The van der Waals surface area contributed by atoms with E-state index >= 15 is 0 Å². The summed E-state index contributed by atoms with van der Waals surface area (Å²) in [5.74, 6) is -1.08. The highest BCUT2D eigenvalue weighted by molar-refractivity contribution is 6.30. The Labute approximate surface area is 103 Å². The number of benzene rings is 1. The third-order valence-electron chi connectivity index (χ3n) is 2.30. The molecule has 0 unspecified atom stereocenters. The Kier molecular flexibility index (Phi) is 2.97. The third-order valence-corrected chi connectivity index (χ3v) is 2.55. The highest BCUT2D eigenvalue weighted by Gasteiger charge is 2.10. The number of aromatic carboxylic acids is 1. The molecule has 0 saturated carbocycles. The van der Waals surface area contributed by atoms with E-state index in [1.807, 2.05) is 0 Å². The van der Waals surface area contributed by atoms with Crippen LogP contribution < -0.4 is 5.73 Å². The molecule has 17 heavy (non-hydrogen) atoms. The molecule has 2 rings (SSSR count). The molecule has 0 aliphatic carbocycles. The molecule has 0 spiro atoms. The van der Waals surface area contributed by atoms with E-state index in [1.54, 1.807) is 30.3 Å². The Morgan fingerprint density at radius 3 is 2.35 bits per heavy atom. The van der Waals surface area contributed by atoms with Gasteiger partial charge in [-0.1, -0.05) is 23.7 Å². The van der Waals surface area contributed by atoms with Gasteiger partial charge in [-0.15, -0.1) is 0 Å².